The van der Waals surface area contributed by atoms with Crippen molar-refractivity contribution in [1.82, 2.24) is 19.6 Å². The third-order valence-electron chi connectivity index (χ3n) is 4.51. The zero-order valence-electron chi connectivity index (χ0n) is 16.5. The van der Waals surface area contributed by atoms with E-state index in [1.807, 2.05) is 34.6 Å². The smallest absolute Gasteiger partial charge is 0.265 e. The van der Waals surface area contributed by atoms with Crippen LogP contribution in [0.15, 0.2) is 35.3 Å². The molecule has 0 N–H and O–H groups in total. The number of halogens is 3. The van der Waals surface area contributed by atoms with Crippen molar-refractivity contribution in [3.8, 4) is 0 Å². The Hall–Kier alpha value is -2.64. The predicted molar refractivity (Wildman–Crippen MR) is 101 cm³/mol. The summed E-state index contributed by atoms with van der Waals surface area (Å²) < 4.78 is 41.3. The van der Waals surface area contributed by atoms with Gasteiger partial charge in [-0.25, -0.2) is 4.68 Å². The van der Waals surface area contributed by atoms with E-state index in [-0.39, 0.29) is 18.0 Å². The van der Waals surface area contributed by atoms with Crippen LogP contribution < -0.4 is 5.56 Å². The van der Waals surface area contributed by atoms with Crippen molar-refractivity contribution in [3.05, 3.63) is 57.6 Å². The molecule has 150 valence electrons. The molecule has 0 amide bonds. The van der Waals surface area contributed by atoms with Crippen LogP contribution in [0.1, 0.15) is 57.4 Å². The van der Waals surface area contributed by atoms with E-state index in [9.17, 15) is 18.0 Å². The van der Waals surface area contributed by atoms with Crippen LogP contribution in [-0.4, -0.2) is 19.6 Å². The molecule has 8 heteroatoms. The predicted octanol–water partition coefficient (Wildman–Crippen LogP) is 4.54. The van der Waals surface area contributed by atoms with Gasteiger partial charge in [0.25, 0.3) is 5.56 Å². The Balaban J connectivity index is 2.13. The average molecular weight is 392 g/mol. The molecule has 0 aliphatic heterocycles. The Morgan fingerprint density at radius 1 is 1.07 bits per heavy atom. The molecule has 1 aromatic carbocycles. The Morgan fingerprint density at radius 3 is 2.18 bits per heavy atom. The van der Waals surface area contributed by atoms with E-state index in [0.717, 1.165) is 17.8 Å². The van der Waals surface area contributed by atoms with Gasteiger partial charge in [-0.15, -0.1) is 0 Å². The van der Waals surface area contributed by atoms with E-state index < -0.39 is 17.3 Å². The number of hydrogen-bond acceptors (Lipinski definition) is 3. The van der Waals surface area contributed by atoms with Crippen molar-refractivity contribution in [2.45, 2.75) is 58.8 Å². The van der Waals surface area contributed by atoms with E-state index >= 15 is 0 Å². The first kappa shape index (κ1) is 20.1. The first-order chi connectivity index (χ1) is 12.9. The van der Waals surface area contributed by atoms with E-state index in [1.54, 1.807) is 10.9 Å². The van der Waals surface area contributed by atoms with Crippen molar-refractivity contribution in [1.29, 1.82) is 0 Å². The highest BCUT2D eigenvalue weighted by Gasteiger charge is 2.30. The van der Waals surface area contributed by atoms with Crippen LogP contribution in [0.3, 0.4) is 0 Å². The van der Waals surface area contributed by atoms with Gasteiger partial charge in [-0.05, 0) is 44.4 Å². The summed E-state index contributed by atoms with van der Waals surface area (Å²) in [6.07, 6.45) is -2.73. The van der Waals surface area contributed by atoms with E-state index in [1.165, 1.54) is 16.8 Å². The lowest BCUT2D eigenvalue weighted by Crippen LogP contribution is -2.31. The molecular weight excluding hydrogens is 369 g/mol. The van der Waals surface area contributed by atoms with Crippen LogP contribution in [0.25, 0.3) is 10.9 Å². The first-order valence-corrected chi connectivity index (χ1v) is 9.05. The molecule has 0 radical (unpaired) electrons. The monoisotopic (exact) mass is 392 g/mol. The Kier molecular flexibility index (Phi) is 4.85. The molecule has 0 saturated carbocycles. The minimum Gasteiger partial charge on any atom is -0.265 e. The summed E-state index contributed by atoms with van der Waals surface area (Å²) >= 11 is 0. The maximum absolute atomic E-state index is 13.1. The zero-order chi connectivity index (χ0) is 20.9. The largest absolute Gasteiger partial charge is 0.416 e. The molecule has 2 heterocycles. The molecule has 0 bridgehead atoms. The van der Waals surface area contributed by atoms with Crippen LogP contribution in [0.5, 0.6) is 0 Å². The van der Waals surface area contributed by atoms with E-state index in [4.69, 9.17) is 0 Å². The molecule has 5 nitrogen and oxygen atoms in total. The molecule has 0 spiro atoms. The highest BCUT2D eigenvalue weighted by atomic mass is 19.4. The van der Waals surface area contributed by atoms with Crippen LogP contribution in [0.2, 0.25) is 0 Å². The molecule has 28 heavy (non-hydrogen) atoms. The molecule has 0 atom stereocenters. The molecular formula is C20H23F3N4O. The van der Waals surface area contributed by atoms with Gasteiger partial charge in [0.2, 0.25) is 0 Å². The average Bonchev–Trinajstić information content (AvgIpc) is 3.02. The number of fused-ring (bicyclic) bond motifs is 1. The molecule has 3 aromatic rings. The summed E-state index contributed by atoms with van der Waals surface area (Å²) in [4.78, 5) is 13.1. The topological polar surface area (TPSA) is 52.7 Å². The Labute approximate surface area is 160 Å². The number of benzene rings is 1. The number of rotatable bonds is 3. The highest BCUT2D eigenvalue weighted by Crippen LogP contribution is 2.29. The fourth-order valence-corrected chi connectivity index (χ4v) is 3.11. The van der Waals surface area contributed by atoms with Gasteiger partial charge >= 0.3 is 6.18 Å². The van der Waals surface area contributed by atoms with Gasteiger partial charge in [-0.2, -0.15) is 23.4 Å². The maximum atomic E-state index is 13.1. The molecule has 3 rings (SSSR count). The summed E-state index contributed by atoms with van der Waals surface area (Å²) in [5.74, 6) is 0.0552. The lowest BCUT2D eigenvalue weighted by atomic mass is 10.1. The molecule has 0 aliphatic rings. The van der Waals surface area contributed by atoms with Crippen molar-refractivity contribution in [2.75, 3.05) is 0 Å². The third-order valence-corrected chi connectivity index (χ3v) is 4.51. The van der Waals surface area contributed by atoms with Crippen LogP contribution in [-0.2, 0) is 18.3 Å². The summed E-state index contributed by atoms with van der Waals surface area (Å²) in [6.45, 7) is 9.89. The minimum absolute atomic E-state index is 0.0552. The number of aromatic nitrogens is 4. The van der Waals surface area contributed by atoms with E-state index in [0.29, 0.717) is 16.5 Å². The Bertz CT molecular complexity index is 1050. The van der Waals surface area contributed by atoms with Gasteiger partial charge in [0, 0.05) is 5.39 Å². The number of hydrogen-bond donors (Lipinski definition) is 0. The second kappa shape index (κ2) is 6.76. The van der Waals surface area contributed by atoms with Gasteiger partial charge in [-0.3, -0.25) is 9.48 Å². The fourth-order valence-electron chi connectivity index (χ4n) is 3.11. The standard InChI is InChI=1S/C20H23F3N4O/c1-12(2)16-15-10-24-27(19(3,4)5)17(15)18(28)26(25-16)11-13-6-8-14(9-7-13)20(21,22)23/h6-10,12H,11H2,1-5H3. The maximum Gasteiger partial charge on any atom is 0.416 e. The zero-order valence-corrected chi connectivity index (χ0v) is 16.5. The second-order valence-electron chi connectivity index (χ2n) is 8.19. The van der Waals surface area contributed by atoms with Gasteiger partial charge in [0.15, 0.2) is 0 Å². The highest BCUT2D eigenvalue weighted by molar-refractivity contribution is 5.80. The Morgan fingerprint density at radius 2 is 1.68 bits per heavy atom. The fraction of sp³-hybridized carbons (Fsp3) is 0.450. The summed E-state index contributed by atoms with van der Waals surface area (Å²) in [5.41, 5.74) is 0.323. The van der Waals surface area contributed by atoms with Crippen LogP contribution in [0.4, 0.5) is 13.2 Å². The number of alkyl halides is 3. The molecule has 0 fully saturated rings. The molecule has 0 unspecified atom stereocenters. The van der Waals surface area contributed by atoms with Gasteiger partial charge in [0.05, 0.1) is 29.5 Å². The lowest BCUT2D eigenvalue weighted by Gasteiger charge is -2.21. The lowest BCUT2D eigenvalue weighted by molar-refractivity contribution is -0.137. The molecule has 2 aromatic heterocycles. The first-order valence-electron chi connectivity index (χ1n) is 9.05. The van der Waals surface area contributed by atoms with Crippen molar-refractivity contribution < 1.29 is 13.2 Å². The van der Waals surface area contributed by atoms with Crippen LogP contribution in [0, 0.1) is 0 Å². The normalized spacial score (nSPS) is 12.9. The van der Waals surface area contributed by atoms with E-state index in [2.05, 4.69) is 10.2 Å². The quantitative estimate of drug-likeness (QED) is 0.658. The number of nitrogens with zero attached hydrogens (tertiary/aromatic N) is 4. The summed E-state index contributed by atoms with van der Waals surface area (Å²) in [7, 11) is 0. The van der Waals surface area contributed by atoms with Crippen molar-refractivity contribution in [3.63, 3.8) is 0 Å². The SMILES string of the molecule is CC(C)c1nn(Cc2ccc(C(F)(F)F)cc2)c(=O)c2c1cnn2C(C)(C)C. The van der Waals surface area contributed by atoms with Crippen molar-refractivity contribution in [2.24, 2.45) is 0 Å². The summed E-state index contributed by atoms with van der Waals surface area (Å²) in [5, 5.41) is 9.59. The van der Waals surface area contributed by atoms with Gasteiger partial charge < -0.3 is 0 Å². The summed E-state index contributed by atoms with van der Waals surface area (Å²) in [6, 6.07) is 4.78. The third kappa shape index (κ3) is 3.68. The van der Waals surface area contributed by atoms with Crippen LogP contribution >= 0.6 is 0 Å². The van der Waals surface area contributed by atoms with Gasteiger partial charge in [-0.1, -0.05) is 26.0 Å². The van der Waals surface area contributed by atoms with Gasteiger partial charge in [0.1, 0.15) is 5.52 Å². The molecule has 0 aliphatic carbocycles. The molecule has 0 saturated heterocycles. The minimum atomic E-state index is -4.39. The second-order valence-corrected chi connectivity index (χ2v) is 8.19. The van der Waals surface area contributed by atoms with Crippen molar-refractivity contribution >= 4 is 10.9 Å².